The Balaban J connectivity index is 1.68. The van der Waals surface area contributed by atoms with Crippen molar-refractivity contribution in [2.24, 2.45) is 0 Å². The number of carbonyl (C=O) groups is 1. The number of amides is 2. The second kappa shape index (κ2) is 4.75. The summed E-state index contributed by atoms with van der Waals surface area (Å²) in [6.07, 6.45) is 1.49. The number of H-pyrrole nitrogens is 1. The van der Waals surface area contributed by atoms with Crippen LogP contribution in [0.2, 0.25) is 0 Å². The van der Waals surface area contributed by atoms with Gasteiger partial charge in [0.25, 0.3) is 0 Å². The summed E-state index contributed by atoms with van der Waals surface area (Å²) in [5.41, 5.74) is 1.18. The molecule has 0 bridgehead atoms. The number of carbonyl (C=O) groups excluding carboxylic acids is 1. The summed E-state index contributed by atoms with van der Waals surface area (Å²) in [7, 11) is 0. The van der Waals surface area contributed by atoms with Crippen molar-refractivity contribution in [2.45, 2.75) is 0 Å². The lowest BCUT2D eigenvalue weighted by Crippen LogP contribution is -2.31. The first kappa shape index (κ1) is 11.8. The molecule has 1 saturated heterocycles. The van der Waals surface area contributed by atoms with Crippen LogP contribution in [0.1, 0.15) is 0 Å². The van der Waals surface area contributed by atoms with Crippen molar-refractivity contribution in [3.63, 3.8) is 0 Å². The summed E-state index contributed by atoms with van der Waals surface area (Å²) in [5, 5.41) is 2.71. The third-order valence-corrected chi connectivity index (χ3v) is 3.02. The number of rotatable bonds is 4. The van der Waals surface area contributed by atoms with Crippen LogP contribution in [0.15, 0.2) is 18.5 Å². The summed E-state index contributed by atoms with van der Waals surface area (Å²) in [6, 6.07) is 2.57. The SMILES string of the molecule is O=C1NCCN1CCOc1cc(F)cc2[nH]cnc12. The van der Waals surface area contributed by atoms with Gasteiger partial charge in [-0.2, -0.15) is 0 Å². The van der Waals surface area contributed by atoms with E-state index >= 15 is 0 Å². The van der Waals surface area contributed by atoms with Gasteiger partial charge in [0.05, 0.1) is 18.4 Å². The number of nitrogens with one attached hydrogen (secondary N) is 2. The summed E-state index contributed by atoms with van der Waals surface area (Å²) < 4.78 is 18.9. The number of hydrogen-bond donors (Lipinski definition) is 2. The van der Waals surface area contributed by atoms with Crippen LogP contribution in [-0.4, -0.2) is 47.1 Å². The zero-order valence-electron chi connectivity index (χ0n) is 10.1. The molecule has 2 N–H and O–H groups in total. The number of nitrogens with zero attached hydrogens (tertiary/aromatic N) is 2. The topological polar surface area (TPSA) is 70.2 Å². The van der Waals surface area contributed by atoms with Crippen molar-refractivity contribution in [3.05, 3.63) is 24.3 Å². The molecule has 19 heavy (non-hydrogen) atoms. The first-order chi connectivity index (χ1) is 9.24. The maximum Gasteiger partial charge on any atom is 0.317 e. The van der Waals surface area contributed by atoms with E-state index in [9.17, 15) is 9.18 Å². The Morgan fingerprint density at radius 1 is 1.47 bits per heavy atom. The van der Waals surface area contributed by atoms with Gasteiger partial charge < -0.3 is 19.9 Å². The third-order valence-electron chi connectivity index (χ3n) is 3.02. The highest BCUT2D eigenvalue weighted by molar-refractivity contribution is 5.81. The average molecular weight is 264 g/mol. The molecule has 1 aliphatic heterocycles. The molecule has 0 spiro atoms. The Bertz CT molecular complexity index is 613. The zero-order valence-corrected chi connectivity index (χ0v) is 10.1. The van der Waals surface area contributed by atoms with Crippen molar-refractivity contribution < 1.29 is 13.9 Å². The Kier molecular flexibility index (Phi) is 2.94. The molecule has 6 nitrogen and oxygen atoms in total. The van der Waals surface area contributed by atoms with Gasteiger partial charge in [-0.05, 0) is 6.07 Å². The average Bonchev–Trinajstić information content (AvgIpc) is 2.98. The van der Waals surface area contributed by atoms with Crippen LogP contribution in [0, 0.1) is 5.82 Å². The van der Waals surface area contributed by atoms with Gasteiger partial charge in [0.2, 0.25) is 0 Å². The fourth-order valence-corrected chi connectivity index (χ4v) is 2.08. The lowest BCUT2D eigenvalue weighted by atomic mass is 10.3. The van der Waals surface area contributed by atoms with E-state index in [4.69, 9.17) is 4.74 Å². The molecule has 0 atom stereocenters. The molecule has 2 aromatic rings. The van der Waals surface area contributed by atoms with Crippen molar-refractivity contribution in [1.29, 1.82) is 0 Å². The summed E-state index contributed by atoms with van der Waals surface area (Å²) in [6.45, 7) is 2.10. The lowest BCUT2D eigenvalue weighted by Gasteiger charge is -2.14. The van der Waals surface area contributed by atoms with Crippen LogP contribution in [0.5, 0.6) is 5.75 Å². The number of imidazole rings is 1. The van der Waals surface area contributed by atoms with E-state index in [0.29, 0.717) is 43.0 Å². The van der Waals surface area contributed by atoms with Crippen molar-refractivity contribution in [2.75, 3.05) is 26.2 Å². The van der Waals surface area contributed by atoms with Gasteiger partial charge in [-0.3, -0.25) is 0 Å². The fraction of sp³-hybridized carbons (Fsp3) is 0.333. The number of benzene rings is 1. The largest absolute Gasteiger partial charge is 0.489 e. The second-order valence-corrected chi connectivity index (χ2v) is 4.27. The van der Waals surface area contributed by atoms with E-state index in [1.165, 1.54) is 18.5 Å². The minimum absolute atomic E-state index is 0.0900. The Hall–Kier alpha value is -2.31. The Morgan fingerprint density at radius 2 is 2.37 bits per heavy atom. The highest BCUT2D eigenvalue weighted by Crippen LogP contribution is 2.24. The maximum absolute atomic E-state index is 13.4. The van der Waals surface area contributed by atoms with Crippen LogP contribution >= 0.6 is 0 Å². The molecule has 1 aliphatic rings. The summed E-state index contributed by atoms with van der Waals surface area (Å²) >= 11 is 0. The highest BCUT2D eigenvalue weighted by Gasteiger charge is 2.19. The van der Waals surface area contributed by atoms with E-state index in [2.05, 4.69) is 15.3 Å². The first-order valence-electron chi connectivity index (χ1n) is 6.02. The van der Waals surface area contributed by atoms with Gasteiger partial charge in [-0.15, -0.1) is 0 Å². The van der Waals surface area contributed by atoms with Crippen molar-refractivity contribution in [3.8, 4) is 5.75 Å². The molecule has 0 aliphatic carbocycles. The molecule has 1 fully saturated rings. The van der Waals surface area contributed by atoms with Gasteiger partial charge in [0.15, 0.2) is 0 Å². The number of ether oxygens (including phenoxy) is 1. The minimum atomic E-state index is -0.384. The maximum atomic E-state index is 13.4. The van der Waals surface area contributed by atoms with Gasteiger partial charge in [-0.1, -0.05) is 0 Å². The standard InChI is InChI=1S/C12H13FN4O2/c13-8-5-9-11(16-7-15-9)10(6-8)19-4-3-17-2-1-14-12(17)18/h5-7H,1-4H2,(H,14,18)(H,15,16). The van der Waals surface area contributed by atoms with Gasteiger partial charge in [0.1, 0.15) is 23.7 Å². The smallest absolute Gasteiger partial charge is 0.317 e. The predicted molar refractivity (Wildman–Crippen MR) is 66.5 cm³/mol. The van der Waals surface area contributed by atoms with Crippen LogP contribution in [0.3, 0.4) is 0 Å². The number of fused-ring (bicyclic) bond motifs is 1. The van der Waals surface area contributed by atoms with Crippen LogP contribution in [-0.2, 0) is 0 Å². The van der Waals surface area contributed by atoms with Gasteiger partial charge in [0, 0.05) is 19.2 Å². The minimum Gasteiger partial charge on any atom is -0.489 e. The predicted octanol–water partition coefficient (Wildman–Crippen LogP) is 1.11. The third kappa shape index (κ3) is 2.31. The lowest BCUT2D eigenvalue weighted by molar-refractivity contribution is 0.203. The molecular weight excluding hydrogens is 251 g/mol. The second-order valence-electron chi connectivity index (χ2n) is 4.27. The summed E-state index contributed by atoms with van der Waals surface area (Å²) in [4.78, 5) is 19.9. The summed E-state index contributed by atoms with van der Waals surface area (Å²) in [5.74, 6) is 0.00141. The molecule has 1 aromatic heterocycles. The highest BCUT2D eigenvalue weighted by atomic mass is 19.1. The van der Waals surface area contributed by atoms with E-state index in [1.807, 2.05) is 0 Å². The number of aromatic nitrogens is 2. The zero-order chi connectivity index (χ0) is 13.2. The molecule has 2 amide bonds. The number of halogens is 1. The van der Waals surface area contributed by atoms with Crippen LogP contribution < -0.4 is 10.1 Å². The molecule has 0 saturated carbocycles. The Labute approximate surface area is 108 Å². The van der Waals surface area contributed by atoms with E-state index < -0.39 is 0 Å². The van der Waals surface area contributed by atoms with Gasteiger partial charge >= 0.3 is 6.03 Å². The molecule has 0 radical (unpaired) electrons. The molecule has 1 aromatic carbocycles. The first-order valence-corrected chi connectivity index (χ1v) is 6.02. The molecule has 0 unspecified atom stereocenters. The monoisotopic (exact) mass is 264 g/mol. The van der Waals surface area contributed by atoms with Crippen molar-refractivity contribution >= 4 is 17.1 Å². The normalized spacial score (nSPS) is 15.0. The van der Waals surface area contributed by atoms with E-state index in [0.717, 1.165) is 0 Å². The molecule has 7 heteroatoms. The number of hydrogen-bond acceptors (Lipinski definition) is 3. The number of aromatic amines is 1. The van der Waals surface area contributed by atoms with Gasteiger partial charge in [-0.25, -0.2) is 14.2 Å². The van der Waals surface area contributed by atoms with Crippen LogP contribution in [0.25, 0.3) is 11.0 Å². The van der Waals surface area contributed by atoms with E-state index in [-0.39, 0.29) is 11.8 Å². The van der Waals surface area contributed by atoms with Crippen LogP contribution in [0.4, 0.5) is 9.18 Å². The quantitative estimate of drug-likeness (QED) is 0.869. The Morgan fingerprint density at radius 3 is 3.16 bits per heavy atom. The number of urea groups is 1. The molecule has 100 valence electrons. The molecule has 3 rings (SSSR count). The van der Waals surface area contributed by atoms with Crippen molar-refractivity contribution in [1.82, 2.24) is 20.2 Å². The molecule has 2 heterocycles. The fourth-order valence-electron chi connectivity index (χ4n) is 2.08. The van der Waals surface area contributed by atoms with E-state index in [1.54, 1.807) is 4.90 Å². The molecular formula is C12H13FN4O2.